The molecule has 0 spiro atoms. The van der Waals surface area contributed by atoms with Gasteiger partial charge in [-0.1, -0.05) is 32.0 Å². The molecule has 1 N–H and O–H groups in total. The van der Waals surface area contributed by atoms with E-state index < -0.39 is 22.4 Å². The SMILES string of the molecule is CC[C@H]1O[C@@H](n2ccc(NC(=O)c3ccccc3)nc2=O)[C@](F)(Br)[C@@H]1C. The molecule has 8 heteroatoms. The number of benzene rings is 1. The zero-order chi connectivity index (χ0) is 18.9. The fourth-order valence-electron chi connectivity index (χ4n) is 2.99. The first kappa shape index (κ1) is 18.7. The molecule has 0 radical (unpaired) electrons. The number of amides is 1. The van der Waals surface area contributed by atoms with E-state index in [9.17, 15) is 9.59 Å². The summed E-state index contributed by atoms with van der Waals surface area (Å²) in [7, 11) is 0. The molecular weight excluding hydrogens is 405 g/mol. The molecule has 1 aliphatic heterocycles. The van der Waals surface area contributed by atoms with Gasteiger partial charge in [0.15, 0.2) is 6.23 Å². The Labute approximate surface area is 158 Å². The fourth-order valence-corrected chi connectivity index (χ4v) is 3.61. The molecule has 4 atom stereocenters. The lowest BCUT2D eigenvalue weighted by Crippen LogP contribution is -2.36. The summed E-state index contributed by atoms with van der Waals surface area (Å²) in [6, 6.07) is 10.0. The highest BCUT2D eigenvalue weighted by atomic mass is 79.9. The number of anilines is 1. The van der Waals surface area contributed by atoms with Gasteiger partial charge in [-0.2, -0.15) is 4.98 Å². The second-order valence-electron chi connectivity index (χ2n) is 6.22. The Bertz CT molecular complexity index is 856. The number of nitrogens with one attached hydrogen (secondary N) is 1. The summed E-state index contributed by atoms with van der Waals surface area (Å²) in [5.74, 6) is -0.716. The number of hydrogen-bond acceptors (Lipinski definition) is 4. The zero-order valence-corrected chi connectivity index (χ0v) is 15.9. The van der Waals surface area contributed by atoms with E-state index in [0.29, 0.717) is 12.0 Å². The van der Waals surface area contributed by atoms with Crippen LogP contribution >= 0.6 is 15.9 Å². The molecule has 0 bridgehead atoms. The predicted molar refractivity (Wildman–Crippen MR) is 99.0 cm³/mol. The van der Waals surface area contributed by atoms with E-state index in [4.69, 9.17) is 4.74 Å². The molecule has 2 heterocycles. The third-order valence-corrected chi connectivity index (χ3v) is 5.67. The minimum atomic E-state index is -1.88. The molecule has 0 aliphatic carbocycles. The summed E-state index contributed by atoms with van der Waals surface area (Å²) >= 11 is 3.07. The molecule has 0 unspecified atom stereocenters. The lowest BCUT2D eigenvalue weighted by Gasteiger charge is -2.23. The number of nitrogens with zero attached hydrogens (tertiary/aromatic N) is 2. The molecule has 26 heavy (non-hydrogen) atoms. The van der Waals surface area contributed by atoms with E-state index in [1.807, 2.05) is 6.92 Å². The van der Waals surface area contributed by atoms with Crippen molar-refractivity contribution >= 4 is 27.7 Å². The highest BCUT2D eigenvalue weighted by Crippen LogP contribution is 2.50. The lowest BCUT2D eigenvalue weighted by atomic mass is 10.00. The Hall–Kier alpha value is -2.06. The summed E-state index contributed by atoms with van der Waals surface area (Å²) in [6.45, 7) is 3.63. The quantitative estimate of drug-likeness (QED) is 0.763. The maximum atomic E-state index is 15.0. The van der Waals surface area contributed by atoms with Crippen LogP contribution < -0.4 is 11.0 Å². The summed E-state index contributed by atoms with van der Waals surface area (Å²) in [5.41, 5.74) is -0.258. The Morgan fingerprint density at radius 1 is 1.38 bits per heavy atom. The van der Waals surface area contributed by atoms with Gasteiger partial charge in [0.25, 0.3) is 5.91 Å². The number of alkyl halides is 2. The topological polar surface area (TPSA) is 73.2 Å². The standard InChI is InChI=1S/C18H19BrFN3O3/c1-3-13-11(2)18(19,20)16(26-13)23-10-9-14(22-17(23)25)21-15(24)12-7-5-4-6-8-12/h4-11,13,16H,3H2,1-2H3,(H,21,22,24,25)/t11-,13-,16-,18+/m1/s1. The molecule has 1 aromatic heterocycles. The molecule has 6 nitrogen and oxygen atoms in total. The third-order valence-electron chi connectivity index (χ3n) is 4.56. The van der Waals surface area contributed by atoms with Crippen LogP contribution in [0.1, 0.15) is 36.9 Å². The van der Waals surface area contributed by atoms with E-state index >= 15 is 4.39 Å². The van der Waals surface area contributed by atoms with Crippen molar-refractivity contribution in [2.24, 2.45) is 5.92 Å². The number of halogens is 2. The summed E-state index contributed by atoms with van der Waals surface area (Å²) in [4.78, 5) is 28.3. The van der Waals surface area contributed by atoms with Crippen LogP contribution in [0, 0.1) is 5.92 Å². The highest BCUT2D eigenvalue weighted by Gasteiger charge is 2.54. The number of carbonyl (C=O) groups excluding carboxylic acids is 1. The molecule has 1 aromatic carbocycles. The van der Waals surface area contributed by atoms with Gasteiger partial charge in [-0.05, 0) is 40.5 Å². The molecule has 1 saturated heterocycles. The molecule has 3 rings (SSSR count). The van der Waals surface area contributed by atoms with Crippen molar-refractivity contribution in [3.05, 3.63) is 58.6 Å². The van der Waals surface area contributed by atoms with E-state index in [1.165, 1.54) is 12.3 Å². The van der Waals surface area contributed by atoms with E-state index in [0.717, 1.165) is 4.57 Å². The predicted octanol–water partition coefficient (Wildman–Crippen LogP) is 3.50. The van der Waals surface area contributed by atoms with Gasteiger partial charge in [0, 0.05) is 17.7 Å². The number of ether oxygens (including phenoxy) is 1. The Balaban J connectivity index is 1.82. The highest BCUT2D eigenvalue weighted by molar-refractivity contribution is 9.10. The van der Waals surface area contributed by atoms with Crippen LogP contribution in [0.15, 0.2) is 47.4 Å². The van der Waals surface area contributed by atoms with Crippen molar-refractivity contribution in [1.29, 1.82) is 0 Å². The molecule has 1 amide bonds. The Kier molecular flexibility index (Phi) is 5.24. The van der Waals surface area contributed by atoms with Gasteiger partial charge in [0.1, 0.15) is 5.82 Å². The van der Waals surface area contributed by atoms with Crippen molar-refractivity contribution in [3.8, 4) is 0 Å². The van der Waals surface area contributed by atoms with Gasteiger partial charge in [0.05, 0.1) is 6.10 Å². The average Bonchev–Trinajstić information content (AvgIpc) is 2.85. The largest absolute Gasteiger partial charge is 0.351 e. The molecular formula is C18H19BrFN3O3. The average molecular weight is 424 g/mol. The van der Waals surface area contributed by atoms with E-state index in [2.05, 4.69) is 26.2 Å². The molecule has 1 aliphatic rings. The second-order valence-corrected chi connectivity index (χ2v) is 7.44. The minimum Gasteiger partial charge on any atom is -0.350 e. The van der Waals surface area contributed by atoms with Gasteiger partial charge < -0.3 is 10.1 Å². The molecule has 138 valence electrons. The summed E-state index contributed by atoms with van der Waals surface area (Å²) in [6.07, 6.45) is 0.568. The number of rotatable bonds is 4. The monoisotopic (exact) mass is 423 g/mol. The van der Waals surface area contributed by atoms with Crippen LogP contribution in [0.5, 0.6) is 0 Å². The number of hydrogen-bond donors (Lipinski definition) is 1. The van der Waals surface area contributed by atoms with Gasteiger partial charge in [-0.25, -0.2) is 9.18 Å². The third kappa shape index (κ3) is 3.43. The Morgan fingerprint density at radius 3 is 2.65 bits per heavy atom. The van der Waals surface area contributed by atoms with Crippen LogP contribution in [-0.2, 0) is 4.74 Å². The van der Waals surface area contributed by atoms with Gasteiger partial charge in [-0.15, -0.1) is 0 Å². The fraction of sp³-hybridized carbons (Fsp3) is 0.389. The van der Waals surface area contributed by atoms with E-state index in [1.54, 1.807) is 37.3 Å². The lowest BCUT2D eigenvalue weighted by molar-refractivity contribution is -0.0287. The summed E-state index contributed by atoms with van der Waals surface area (Å²) in [5, 5.41) is 2.56. The minimum absolute atomic E-state index is 0.0946. The van der Waals surface area contributed by atoms with Gasteiger partial charge in [0.2, 0.25) is 4.58 Å². The normalized spacial score (nSPS) is 28.1. The first-order valence-corrected chi connectivity index (χ1v) is 9.12. The van der Waals surface area contributed by atoms with Crippen LogP contribution in [-0.4, -0.2) is 26.1 Å². The maximum absolute atomic E-state index is 15.0. The van der Waals surface area contributed by atoms with Gasteiger partial charge in [-0.3, -0.25) is 9.36 Å². The molecule has 2 aromatic rings. The van der Waals surface area contributed by atoms with Crippen molar-refractivity contribution < 1.29 is 13.9 Å². The van der Waals surface area contributed by atoms with Crippen molar-refractivity contribution in [3.63, 3.8) is 0 Å². The maximum Gasteiger partial charge on any atom is 0.351 e. The first-order chi connectivity index (χ1) is 12.3. The van der Waals surface area contributed by atoms with E-state index in [-0.39, 0.29) is 17.8 Å². The van der Waals surface area contributed by atoms with Gasteiger partial charge >= 0.3 is 5.69 Å². The molecule has 1 fully saturated rings. The van der Waals surface area contributed by atoms with Crippen molar-refractivity contribution in [2.75, 3.05) is 5.32 Å². The van der Waals surface area contributed by atoms with Crippen LogP contribution in [0.25, 0.3) is 0 Å². The summed E-state index contributed by atoms with van der Waals surface area (Å²) < 4.78 is 20.0. The van der Waals surface area contributed by atoms with Crippen LogP contribution in [0.2, 0.25) is 0 Å². The van der Waals surface area contributed by atoms with Crippen LogP contribution in [0.4, 0.5) is 10.2 Å². The number of aromatic nitrogens is 2. The first-order valence-electron chi connectivity index (χ1n) is 8.33. The number of carbonyl (C=O) groups is 1. The van der Waals surface area contributed by atoms with Crippen LogP contribution in [0.3, 0.4) is 0 Å². The molecule has 0 saturated carbocycles. The second kappa shape index (κ2) is 7.28. The van der Waals surface area contributed by atoms with Crippen molar-refractivity contribution in [1.82, 2.24) is 9.55 Å². The Morgan fingerprint density at radius 2 is 2.08 bits per heavy atom. The van der Waals surface area contributed by atoms with Crippen molar-refractivity contribution in [2.45, 2.75) is 37.2 Å². The smallest absolute Gasteiger partial charge is 0.350 e. The zero-order valence-electron chi connectivity index (χ0n) is 14.4.